The van der Waals surface area contributed by atoms with E-state index in [1.807, 2.05) is 12.1 Å². The van der Waals surface area contributed by atoms with Crippen molar-refractivity contribution in [2.45, 2.75) is 0 Å². The van der Waals surface area contributed by atoms with Crippen molar-refractivity contribution in [2.24, 2.45) is 5.92 Å². The number of thiophene rings is 1. The number of fused-ring (bicyclic) bond motifs is 1. The quantitative estimate of drug-likeness (QED) is 0.258. The number of carbonyl (C=O) groups is 1. The number of ketones is 1. The summed E-state index contributed by atoms with van der Waals surface area (Å²) < 4.78 is 25.3. The van der Waals surface area contributed by atoms with Crippen LogP contribution in [-0.4, -0.2) is 48.7 Å². The molecule has 35 heavy (non-hydrogen) atoms. The molecular formula is C27H23ClFNO4S. The number of rotatable bonds is 9. The largest absolute Gasteiger partial charge is 0.508 e. The van der Waals surface area contributed by atoms with Crippen LogP contribution in [0.5, 0.6) is 23.0 Å². The Balaban J connectivity index is 1.34. The number of halogens is 2. The van der Waals surface area contributed by atoms with E-state index in [1.165, 1.54) is 11.3 Å². The Morgan fingerprint density at radius 1 is 1.09 bits per heavy atom. The SMILES string of the molecule is O=C(c1ccccc1Cl)c1sc2cc(O)ccc2c1Oc1ccc(OCCN2CC(CF)C2)cc1. The fourth-order valence-electron chi connectivity index (χ4n) is 4.05. The highest BCUT2D eigenvalue weighted by molar-refractivity contribution is 7.21. The second-order valence-electron chi connectivity index (χ2n) is 8.45. The van der Waals surface area contributed by atoms with Gasteiger partial charge in [0.15, 0.2) is 5.75 Å². The number of phenolic OH excluding ortho intramolecular Hbond substituents is 1. The highest BCUT2D eigenvalue weighted by atomic mass is 35.5. The summed E-state index contributed by atoms with van der Waals surface area (Å²) in [5, 5.41) is 11.0. The standard InChI is InChI=1S/C27H23ClFNO4S/c28-23-4-2-1-3-21(23)25(32)27-26(22-10-5-18(31)13-24(22)35-27)34-20-8-6-19(7-9-20)33-12-11-30-15-17(14-29)16-30/h1-10,13,17,31H,11-12,14-16H2. The summed E-state index contributed by atoms with van der Waals surface area (Å²) in [5.41, 5.74) is 0.388. The molecule has 5 rings (SSSR count). The van der Waals surface area contributed by atoms with Gasteiger partial charge in [0.1, 0.15) is 28.7 Å². The topological polar surface area (TPSA) is 59.0 Å². The van der Waals surface area contributed by atoms with Crippen LogP contribution in [0.15, 0.2) is 66.7 Å². The molecule has 1 saturated heterocycles. The highest BCUT2D eigenvalue weighted by Crippen LogP contribution is 2.43. The van der Waals surface area contributed by atoms with Crippen LogP contribution in [0, 0.1) is 5.92 Å². The van der Waals surface area contributed by atoms with Gasteiger partial charge in [-0.3, -0.25) is 14.1 Å². The molecule has 0 saturated carbocycles. The van der Waals surface area contributed by atoms with Crippen molar-refractivity contribution < 1.29 is 23.8 Å². The van der Waals surface area contributed by atoms with Gasteiger partial charge in [-0.1, -0.05) is 23.7 Å². The predicted octanol–water partition coefficient (Wildman–Crippen LogP) is 6.56. The highest BCUT2D eigenvalue weighted by Gasteiger charge is 2.26. The maximum absolute atomic E-state index is 13.4. The number of carbonyl (C=O) groups excluding carboxylic acids is 1. The van der Waals surface area contributed by atoms with Gasteiger partial charge in [-0.15, -0.1) is 11.3 Å². The molecular weight excluding hydrogens is 489 g/mol. The molecule has 1 aliphatic heterocycles. The zero-order chi connectivity index (χ0) is 24.4. The number of likely N-dealkylation sites (tertiary alicyclic amines) is 1. The number of nitrogens with zero attached hydrogens (tertiary/aromatic N) is 1. The Hall–Kier alpha value is -3.13. The van der Waals surface area contributed by atoms with Crippen molar-refractivity contribution in [3.8, 4) is 23.0 Å². The van der Waals surface area contributed by atoms with Crippen molar-refractivity contribution >= 4 is 38.8 Å². The second-order valence-corrected chi connectivity index (χ2v) is 9.91. The van der Waals surface area contributed by atoms with Crippen molar-refractivity contribution in [3.05, 3.63) is 82.2 Å². The van der Waals surface area contributed by atoms with E-state index in [-0.39, 0.29) is 24.1 Å². The zero-order valence-electron chi connectivity index (χ0n) is 18.7. The first-order valence-electron chi connectivity index (χ1n) is 11.3. The van der Waals surface area contributed by atoms with E-state index in [9.17, 15) is 14.3 Å². The normalized spacial score (nSPS) is 14.1. The van der Waals surface area contributed by atoms with Gasteiger partial charge >= 0.3 is 0 Å². The minimum Gasteiger partial charge on any atom is -0.508 e. The Morgan fingerprint density at radius 3 is 2.57 bits per heavy atom. The lowest BCUT2D eigenvalue weighted by molar-refractivity contribution is 0.0668. The number of benzene rings is 3. The summed E-state index contributed by atoms with van der Waals surface area (Å²) in [7, 11) is 0. The first kappa shape index (κ1) is 23.6. The summed E-state index contributed by atoms with van der Waals surface area (Å²) in [6, 6.07) is 19.0. The predicted molar refractivity (Wildman–Crippen MR) is 136 cm³/mol. The van der Waals surface area contributed by atoms with Crippen molar-refractivity contribution in [2.75, 3.05) is 32.9 Å². The van der Waals surface area contributed by atoms with E-state index >= 15 is 0 Å². The van der Waals surface area contributed by atoms with E-state index < -0.39 is 0 Å². The van der Waals surface area contributed by atoms with E-state index in [0.29, 0.717) is 39.3 Å². The maximum Gasteiger partial charge on any atom is 0.208 e. The summed E-state index contributed by atoms with van der Waals surface area (Å²) >= 11 is 7.53. The summed E-state index contributed by atoms with van der Waals surface area (Å²) in [6.45, 7) is 2.60. The lowest BCUT2D eigenvalue weighted by Crippen LogP contribution is -2.49. The third kappa shape index (κ3) is 5.12. The van der Waals surface area contributed by atoms with Crippen LogP contribution in [0.2, 0.25) is 5.02 Å². The van der Waals surface area contributed by atoms with Gasteiger partial charge in [-0.25, -0.2) is 0 Å². The Labute approximate surface area is 211 Å². The Kier molecular flexibility index (Phi) is 6.90. The Morgan fingerprint density at radius 2 is 1.83 bits per heavy atom. The van der Waals surface area contributed by atoms with Gasteiger partial charge in [-0.2, -0.15) is 0 Å². The van der Waals surface area contributed by atoms with E-state index in [0.717, 1.165) is 29.7 Å². The fraction of sp³-hybridized carbons (Fsp3) is 0.222. The summed E-state index contributed by atoms with van der Waals surface area (Å²) in [5.74, 6) is 1.70. The zero-order valence-corrected chi connectivity index (χ0v) is 20.3. The lowest BCUT2D eigenvalue weighted by atomic mass is 10.0. The number of ether oxygens (including phenoxy) is 2. The van der Waals surface area contributed by atoms with Crippen molar-refractivity contribution in [1.82, 2.24) is 4.90 Å². The van der Waals surface area contributed by atoms with Crippen molar-refractivity contribution in [1.29, 1.82) is 0 Å². The monoisotopic (exact) mass is 511 g/mol. The van der Waals surface area contributed by atoms with Crippen LogP contribution in [0.3, 0.4) is 0 Å². The molecule has 1 aromatic heterocycles. The number of alkyl halides is 1. The minimum atomic E-state index is -0.259. The molecule has 8 heteroatoms. The van der Waals surface area contributed by atoms with Gasteiger partial charge in [0, 0.05) is 41.2 Å². The van der Waals surface area contributed by atoms with Crippen LogP contribution < -0.4 is 9.47 Å². The molecule has 180 valence electrons. The van der Waals surface area contributed by atoms with Gasteiger partial charge in [0.25, 0.3) is 0 Å². The Bertz CT molecular complexity index is 1350. The third-order valence-electron chi connectivity index (χ3n) is 5.92. The van der Waals surface area contributed by atoms with E-state index in [4.69, 9.17) is 21.1 Å². The minimum absolute atomic E-state index is 0.113. The lowest BCUT2D eigenvalue weighted by Gasteiger charge is -2.37. The van der Waals surface area contributed by atoms with Crippen molar-refractivity contribution in [3.63, 3.8) is 0 Å². The first-order valence-corrected chi connectivity index (χ1v) is 12.4. The molecule has 0 spiro atoms. The molecule has 0 unspecified atom stereocenters. The number of hydrogen-bond donors (Lipinski definition) is 1. The summed E-state index contributed by atoms with van der Waals surface area (Å²) in [6.07, 6.45) is 0. The molecule has 1 N–H and O–H groups in total. The molecule has 0 aliphatic carbocycles. The first-order chi connectivity index (χ1) is 17.0. The summed E-state index contributed by atoms with van der Waals surface area (Å²) in [4.78, 5) is 15.9. The smallest absolute Gasteiger partial charge is 0.208 e. The molecule has 4 aromatic rings. The number of phenols is 1. The molecule has 0 atom stereocenters. The molecule has 0 radical (unpaired) electrons. The van der Waals surface area contributed by atoms with Gasteiger partial charge in [-0.05, 0) is 54.6 Å². The average Bonchev–Trinajstić information content (AvgIpc) is 3.18. The molecule has 1 fully saturated rings. The fourth-order valence-corrected chi connectivity index (χ4v) is 5.39. The van der Waals surface area contributed by atoms with Gasteiger partial charge in [0.05, 0.1) is 11.7 Å². The number of hydrogen-bond acceptors (Lipinski definition) is 6. The van der Waals surface area contributed by atoms with E-state index in [2.05, 4.69) is 4.90 Å². The average molecular weight is 512 g/mol. The molecule has 3 aromatic carbocycles. The van der Waals surface area contributed by atoms with Crippen LogP contribution in [0.4, 0.5) is 4.39 Å². The van der Waals surface area contributed by atoms with Crippen LogP contribution in [-0.2, 0) is 0 Å². The second kappa shape index (κ2) is 10.2. The van der Waals surface area contributed by atoms with E-state index in [1.54, 1.807) is 54.6 Å². The molecule has 0 bridgehead atoms. The van der Waals surface area contributed by atoms with Crippen LogP contribution >= 0.6 is 22.9 Å². The van der Waals surface area contributed by atoms with Crippen LogP contribution in [0.1, 0.15) is 15.2 Å². The van der Waals surface area contributed by atoms with Gasteiger partial charge in [0.2, 0.25) is 5.78 Å². The maximum atomic E-state index is 13.4. The third-order valence-corrected chi connectivity index (χ3v) is 7.39. The molecule has 0 amide bonds. The molecule has 1 aliphatic rings. The van der Waals surface area contributed by atoms with Crippen LogP contribution in [0.25, 0.3) is 10.1 Å². The molecule has 5 nitrogen and oxygen atoms in total. The van der Waals surface area contributed by atoms with Gasteiger partial charge < -0.3 is 14.6 Å². The molecule has 2 heterocycles. The number of aromatic hydroxyl groups is 1.